The van der Waals surface area contributed by atoms with E-state index >= 15 is 0 Å². The second kappa shape index (κ2) is 7.25. The molecule has 1 rings (SSSR count). The third kappa shape index (κ3) is 3.29. The average Bonchev–Trinajstić information content (AvgIpc) is 2.24. The molecule has 0 saturated carbocycles. The third-order valence-electron chi connectivity index (χ3n) is 1.82. The van der Waals surface area contributed by atoms with E-state index in [2.05, 4.69) is 6.92 Å². The minimum Gasteiger partial charge on any atom is -0.504 e. The van der Waals surface area contributed by atoms with Gasteiger partial charge in [-0.2, -0.15) is 0 Å². The Hall–Kier alpha value is -1.18. The summed E-state index contributed by atoms with van der Waals surface area (Å²) in [5.74, 6) is 0.836. The zero-order valence-corrected chi connectivity index (χ0v) is 9.50. The number of aryl methyl sites for hydroxylation is 1. The lowest BCUT2D eigenvalue weighted by molar-refractivity contribution is 0.370. The molecule has 0 aliphatic rings. The fourth-order valence-corrected chi connectivity index (χ4v) is 1.20. The lowest BCUT2D eigenvalue weighted by Crippen LogP contribution is -1.88. The van der Waals surface area contributed by atoms with Crippen molar-refractivity contribution in [3.8, 4) is 11.5 Å². The SMILES string of the molecule is CC.CCCc1cccc(OC)c1O. The molecule has 0 bridgehead atoms. The van der Waals surface area contributed by atoms with Gasteiger partial charge in [0.05, 0.1) is 7.11 Å². The summed E-state index contributed by atoms with van der Waals surface area (Å²) in [5.41, 5.74) is 0.955. The van der Waals surface area contributed by atoms with E-state index in [1.807, 2.05) is 26.0 Å². The van der Waals surface area contributed by atoms with Gasteiger partial charge in [0, 0.05) is 0 Å². The molecule has 0 aliphatic carbocycles. The summed E-state index contributed by atoms with van der Waals surface area (Å²) < 4.78 is 4.98. The molecular weight excluding hydrogens is 176 g/mol. The van der Waals surface area contributed by atoms with Gasteiger partial charge in [-0.3, -0.25) is 0 Å². The van der Waals surface area contributed by atoms with E-state index in [0.29, 0.717) is 5.75 Å². The zero-order valence-electron chi connectivity index (χ0n) is 9.50. The lowest BCUT2D eigenvalue weighted by Gasteiger charge is -2.06. The highest BCUT2D eigenvalue weighted by molar-refractivity contribution is 5.45. The number of hydrogen-bond acceptors (Lipinski definition) is 2. The molecule has 0 fully saturated rings. The first-order valence-corrected chi connectivity index (χ1v) is 5.14. The predicted octanol–water partition coefficient (Wildman–Crippen LogP) is 3.38. The van der Waals surface area contributed by atoms with Gasteiger partial charge in [-0.25, -0.2) is 0 Å². The van der Waals surface area contributed by atoms with E-state index in [9.17, 15) is 5.11 Å². The molecule has 0 radical (unpaired) electrons. The van der Waals surface area contributed by atoms with Crippen LogP contribution in [0.25, 0.3) is 0 Å². The number of hydrogen-bond donors (Lipinski definition) is 1. The van der Waals surface area contributed by atoms with E-state index in [1.54, 1.807) is 13.2 Å². The van der Waals surface area contributed by atoms with Gasteiger partial charge in [0.25, 0.3) is 0 Å². The average molecular weight is 196 g/mol. The number of benzene rings is 1. The Bertz CT molecular complexity index is 256. The molecule has 14 heavy (non-hydrogen) atoms. The van der Waals surface area contributed by atoms with Gasteiger partial charge >= 0.3 is 0 Å². The predicted molar refractivity (Wildman–Crippen MR) is 60.0 cm³/mol. The number of phenols is 1. The molecule has 1 N–H and O–H groups in total. The Labute approximate surface area is 86.5 Å². The van der Waals surface area contributed by atoms with Crippen molar-refractivity contribution in [3.05, 3.63) is 23.8 Å². The Balaban J connectivity index is 0.000000791. The van der Waals surface area contributed by atoms with Crippen LogP contribution in [-0.4, -0.2) is 12.2 Å². The van der Waals surface area contributed by atoms with Crippen LogP contribution in [0.15, 0.2) is 18.2 Å². The molecule has 0 spiro atoms. The third-order valence-corrected chi connectivity index (χ3v) is 1.82. The molecule has 1 aromatic carbocycles. The first-order valence-electron chi connectivity index (χ1n) is 5.14. The van der Waals surface area contributed by atoms with Crippen molar-refractivity contribution in [1.29, 1.82) is 0 Å². The van der Waals surface area contributed by atoms with E-state index < -0.39 is 0 Å². The van der Waals surface area contributed by atoms with Crippen LogP contribution in [0.5, 0.6) is 11.5 Å². The van der Waals surface area contributed by atoms with Gasteiger partial charge in [0.1, 0.15) is 0 Å². The summed E-state index contributed by atoms with van der Waals surface area (Å²) in [6.45, 7) is 6.08. The number of phenolic OH excluding ortho intramolecular Hbond substituents is 1. The number of aromatic hydroxyl groups is 1. The molecule has 2 heteroatoms. The molecular formula is C12H20O2. The molecule has 0 atom stereocenters. The Morgan fingerprint density at radius 1 is 1.29 bits per heavy atom. The number of methoxy groups -OCH3 is 1. The van der Waals surface area contributed by atoms with Crippen LogP contribution in [-0.2, 0) is 6.42 Å². The van der Waals surface area contributed by atoms with E-state index in [1.165, 1.54) is 0 Å². The Morgan fingerprint density at radius 3 is 2.43 bits per heavy atom. The van der Waals surface area contributed by atoms with Gasteiger partial charge < -0.3 is 9.84 Å². The van der Waals surface area contributed by atoms with Gasteiger partial charge in [-0.05, 0) is 18.1 Å². The van der Waals surface area contributed by atoms with Crippen LogP contribution >= 0.6 is 0 Å². The maximum atomic E-state index is 9.59. The quantitative estimate of drug-likeness (QED) is 0.803. The normalized spacial score (nSPS) is 8.86. The maximum absolute atomic E-state index is 9.59. The van der Waals surface area contributed by atoms with Crippen molar-refractivity contribution in [1.82, 2.24) is 0 Å². The highest BCUT2D eigenvalue weighted by Crippen LogP contribution is 2.29. The molecule has 0 saturated heterocycles. The summed E-state index contributed by atoms with van der Waals surface area (Å²) >= 11 is 0. The van der Waals surface area contributed by atoms with Gasteiger partial charge in [-0.15, -0.1) is 0 Å². The molecule has 0 unspecified atom stereocenters. The summed E-state index contributed by atoms with van der Waals surface area (Å²) in [4.78, 5) is 0. The fourth-order valence-electron chi connectivity index (χ4n) is 1.20. The van der Waals surface area contributed by atoms with E-state index in [4.69, 9.17) is 4.74 Å². The van der Waals surface area contributed by atoms with Crippen molar-refractivity contribution in [2.75, 3.05) is 7.11 Å². The number of rotatable bonds is 3. The highest BCUT2D eigenvalue weighted by atomic mass is 16.5. The van der Waals surface area contributed by atoms with Crippen molar-refractivity contribution < 1.29 is 9.84 Å². The minimum absolute atomic E-state index is 0.279. The summed E-state index contributed by atoms with van der Waals surface area (Å²) in [7, 11) is 1.56. The van der Waals surface area contributed by atoms with Crippen LogP contribution in [0.4, 0.5) is 0 Å². The monoisotopic (exact) mass is 196 g/mol. The van der Waals surface area contributed by atoms with Crippen LogP contribution in [0.2, 0.25) is 0 Å². The highest BCUT2D eigenvalue weighted by Gasteiger charge is 2.04. The second-order valence-corrected chi connectivity index (χ2v) is 2.72. The number of ether oxygens (including phenoxy) is 1. The van der Waals surface area contributed by atoms with Gasteiger partial charge in [0.15, 0.2) is 11.5 Å². The molecule has 2 nitrogen and oxygen atoms in total. The molecule has 0 aromatic heterocycles. The molecule has 1 aromatic rings. The topological polar surface area (TPSA) is 29.5 Å². The second-order valence-electron chi connectivity index (χ2n) is 2.72. The van der Waals surface area contributed by atoms with E-state index in [-0.39, 0.29) is 5.75 Å². The lowest BCUT2D eigenvalue weighted by atomic mass is 10.1. The Kier molecular flexibility index (Phi) is 6.63. The number of para-hydroxylation sites is 1. The van der Waals surface area contributed by atoms with E-state index in [0.717, 1.165) is 18.4 Å². The zero-order chi connectivity index (χ0) is 11.0. The molecule has 0 aliphatic heterocycles. The molecule has 0 heterocycles. The van der Waals surface area contributed by atoms with Crippen molar-refractivity contribution >= 4 is 0 Å². The largest absolute Gasteiger partial charge is 0.504 e. The van der Waals surface area contributed by atoms with Crippen molar-refractivity contribution in [3.63, 3.8) is 0 Å². The first-order chi connectivity index (χ1) is 6.79. The Morgan fingerprint density at radius 2 is 1.93 bits per heavy atom. The molecule has 80 valence electrons. The van der Waals surface area contributed by atoms with Crippen LogP contribution in [0.3, 0.4) is 0 Å². The van der Waals surface area contributed by atoms with Gasteiger partial charge in [-0.1, -0.05) is 39.3 Å². The fraction of sp³-hybridized carbons (Fsp3) is 0.500. The molecule has 0 amide bonds. The van der Waals surface area contributed by atoms with Crippen molar-refractivity contribution in [2.45, 2.75) is 33.6 Å². The van der Waals surface area contributed by atoms with Gasteiger partial charge in [0.2, 0.25) is 0 Å². The maximum Gasteiger partial charge on any atom is 0.160 e. The first kappa shape index (κ1) is 12.8. The van der Waals surface area contributed by atoms with Crippen molar-refractivity contribution in [2.24, 2.45) is 0 Å². The minimum atomic E-state index is 0.279. The van der Waals surface area contributed by atoms with Crippen LogP contribution in [0, 0.1) is 0 Å². The van der Waals surface area contributed by atoms with Crippen LogP contribution in [0.1, 0.15) is 32.8 Å². The summed E-state index contributed by atoms with van der Waals surface area (Å²) in [6, 6.07) is 5.57. The smallest absolute Gasteiger partial charge is 0.160 e. The van der Waals surface area contributed by atoms with Crippen LogP contribution < -0.4 is 4.74 Å². The summed E-state index contributed by atoms with van der Waals surface area (Å²) in [6.07, 6.45) is 1.92. The standard InChI is InChI=1S/C10H14O2.C2H6/c1-3-5-8-6-4-7-9(12-2)10(8)11;1-2/h4,6-7,11H,3,5H2,1-2H3;1-2H3. The summed E-state index contributed by atoms with van der Waals surface area (Å²) in [5, 5.41) is 9.59.